The number of nitrogens with zero attached hydrogens (tertiary/aromatic N) is 3. The molecule has 15 heavy (non-hydrogen) atoms. The van der Waals surface area contributed by atoms with Gasteiger partial charge in [-0.2, -0.15) is 0 Å². The van der Waals surface area contributed by atoms with Gasteiger partial charge in [0, 0.05) is 32.2 Å². The quantitative estimate of drug-likeness (QED) is 0.656. The smallest absolute Gasteiger partial charge is 0.221 e. The van der Waals surface area contributed by atoms with Gasteiger partial charge >= 0.3 is 0 Å². The van der Waals surface area contributed by atoms with Crippen molar-refractivity contribution in [3.05, 3.63) is 11.9 Å². The maximum atomic E-state index is 11.1. The number of aromatic nitrogens is 3. The summed E-state index contributed by atoms with van der Waals surface area (Å²) in [5.41, 5.74) is 0.744. The Balaban J connectivity index is 2.34. The van der Waals surface area contributed by atoms with Crippen LogP contribution in [0.3, 0.4) is 0 Å². The fraction of sp³-hybridized carbons (Fsp3) is 0.667. The van der Waals surface area contributed by atoms with Crippen LogP contribution in [0.2, 0.25) is 0 Å². The molecular formula is C9H16N4O2. The van der Waals surface area contributed by atoms with E-state index in [1.165, 1.54) is 0 Å². The van der Waals surface area contributed by atoms with Crippen LogP contribution < -0.4 is 5.32 Å². The number of aryl methyl sites for hydroxylation is 1. The molecule has 1 heterocycles. The summed E-state index contributed by atoms with van der Waals surface area (Å²) in [7, 11) is 0. The van der Waals surface area contributed by atoms with Gasteiger partial charge in [0.25, 0.3) is 0 Å². The maximum absolute atomic E-state index is 11.1. The van der Waals surface area contributed by atoms with Crippen LogP contribution in [0.5, 0.6) is 0 Å². The minimum atomic E-state index is 0.0108. The Hall–Kier alpha value is -1.43. The molecule has 0 aliphatic rings. The summed E-state index contributed by atoms with van der Waals surface area (Å²) in [5.74, 6) is 0.0108. The van der Waals surface area contributed by atoms with E-state index < -0.39 is 0 Å². The van der Waals surface area contributed by atoms with E-state index in [9.17, 15) is 4.79 Å². The van der Waals surface area contributed by atoms with E-state index in [2.05, 4.69) is 15.6 Å². The number of carbonyl (C=O) groups excluding carboxylic acids is 1. The molecule has 1 aromatic rings. The van der Waals surface area contributed by atoms with Gasteiger partial charge in [-0.1, -0.05) is 5.21 Å². The van der Waals surface area contributed by atoms with Crippen molar-refractivity contribution in [1.29, 1.82) is 0 Å². The molecule has 0 saturated heterocycles. The second-order valence-electron chi connectivity index (χ2n) is 3.15. The minimum Gasteiger partial charge on any atom is -0.396 e. The Kier molecular flexibility index (Phi) is 4.76. The zero-order chi connectivity index (χ0) is 11.1. The van der Waals surface area contributed by atoms with Crippen LogP contribution in [0, 0.1) is 0 Å². The average molecular weight is 212 g/mol. The molecule has 0 aliphatic carbocycles. The van der Waals surface area contributed by atoms with Crippen LogP contribution in [-0.4, -0.2) is 39.2 Å². The van der Waals surface area contributed by atoms with Crippen molar-refractivity contribution >= 4 is 5.91 Å². The Morgan fingerprint density at radius 3 is 3.13 bits per heavy atom. The number of hydrogen-bond acceptors (Lipinski definition) is 4. The lowest BCUT2D eigenvalue weighted by Crippen LogP contribution is -2.23. The van der Waals surface area contributed by atoms with Crippen LogP contribution in [0.15, 0.2) is 6.20 Å². The van der Waals surface area contributed by atoms with Gasteiger partial charge in [0.05, 0.1) is 12.2 Å². The van der Waals surface area contributed by atoms with Crippen molar-refractivity contribution in [3.63, 3.8) is 0 Å². The lowest BCUT2D eigenvalue weighted by atomic mass is 10.3. The van der Waals surface area contributed by atoms with Gasteiger partial charge in [-0.15, -0.1) is 5.10 Å². The minimum absolute atomic E-state index is 0.0108. The molecule has 1 aromatic heterocycles. The van der Waals surface area contributed by atoms with E-state index in [4.69, 9.17) is 5.11 Å². The number of nitrogens with one attached hydrogen (secondary N) is 1. The van der Waals surface area contributed by atoms with Gasteiger partial charge in [-0.3, -0.25) is 9.48 Å². The molecule has 84 valence electrons. The third-order valence-corrected chi connectivity index (χ3v) is 1.90. The van der Waals surface area contributed by atoms with Gasteiger partial charge in [-0.25, -0.2) is 0 Å². The van der Waals surface area contributed by atoms with E-state index >= 15 is 0 Å². The third-order valence-electron chi connectivity index (χ3n) is 1.90. The molecular weight excluding hydrogens is 196 g/mol. The van der Waals surface area contributed by atoms with Gasteiger partial charge in [0.1, 0.15) is 0 Å². The fourth-order valence-corrected chi connectivity index (χ4v) is 1.18. The van der Waals surface area contributed by atoms with Crippen molar-refractivity contribution in [3.8, 4) is 0 Å². The van der Waals surface area contributed by atoms with Crippen LogP contribution in [-0.2, 0) is 17.8 Å². The second-order valence-corrected chi connectivity index (χ2v) is 3.15. The molecule has 0 spiro atoms. The van der Waals surface area contributed by atoms with Crippen molar-refractivity contribution in [2.45, 2.75) is 26.3 Å². The van der Waals surface area contributed by atoms with Crippen molar-refractivity contribution in [1.82, 2.24) is 20.3 Å². The highest BCUT2D eigenvalue weighted by Crippen LogP contribution is 1.95. The van der Waals surface area contributed by atoms with E-state index in [0.29, 0.717) is 25.9 Å². The summed E-state index contributed by atoms with van der Waals surface area (Å²) < 4.78 is 1.61. The second kappa shape index (κ2) is 6.13. The first-order chi connectivity index (χ1) is 7.26. The van der Waals surface area contributed by atoms with E-state index in [0.717, 1.165) is 5.69 Å². The average Bonchev–Trinajstić information content (AvgIpc) is 2.64. The standard InChI is InChI=1S/C9H16N4O2/c1-2-10-9(15)3-5-13-7-8(4-6-14)11-12-13/h7,14H,2-6H2,1H3,(H,10,15). The molecule has 1 amide bonds. The topological polar surface area (TPSA) is 80.0 Å². The Bertz CT molecular complexity index is 311. The van der Waals surface area contributed by atoms with Gasteiger partial charge in [0.15, 0.2) is 0 Å². The zero-order valence-electron chi connectivity index (χ0n) is 8.81. The Labute approximate surface area is 88.3 Å². The van der Waals surface area contributed by atoms with Crippen LogP contribution >= 0.6 is 0 Å². The van der Waals surface area contributed by atoms with Crippen molar-refractivity contribution in [2.75, 3.05) is 13.2 Å². The number of carbonyl (C=O) groups is 1. The molecule has 0 unspecified atom stereocenters. The predicted molar refractivity (Wildman–Crippen MR) is 54.1 cm³/mol. The summed E-state index contributed by atoms with van der Waals surface area (Å²) in [6.45, 7) is 3.11. The van der Waals surface area contributed by atoms with Crippen molar-refractivity contribution < 1.29 is 9.90 Å². The molecule has 6 nitrogen and oxygen atoms in total. The first kappa shape index (κ1) is 11.6. The zero-order valence-corrected chi connectivity index (χ0v) is 8.81. The number of hydrogen-bond donors (Lipinski definition) is 2. The predicted octanol–water partition coefficient (Wildman–Crippen LogP) is -0.661. The molecule has 0 bridgehead atoms. The number of rotatable bonds is 6. The summed E-state index contributed by atoms with van der Waals surface area (Å²) in [6.07, 6.45) is 2.65. The monoisotopic (exact) mass is 212 g/mol. The SMILES string of the molecule is CCNC(=O)CCn1cc(CCO)nn1. The van der Waals surface area contributed by atoms with Gasteiger partial charge in [-0.05, 0) is 6.92 Å². The number of amides is 1. The largest absolute Gasteiger partial charge is 0.396 e. The van der Waals surface area contributed by atoms with E-state index in [-0.39, 0.29) is 12.5 Å². The third kappa shape index (κ3) is 4.07. The maximum Gasteiger partial charge on any atom is 0.221 e. The molecule has 6 heteroatoms. The molecule has 0 radical (unpaired) electrons. The fourth-order valence-electron chi connectivity index (χ4n) is 1.18. The summed E-state index contributed by atoms with van der Waals surface area (Å²) in [6, 6.07) is 0. The highest BCUT2D eigenvalue weighted by atomic mass is 16.3. The normalized spacial score (nSPS) is 10.3. The highest BCUT2D eigenvalue weighted by Gasteiger charge is 2.03. The summed E-state index contributed by atoms with van der Waals surface area (Å²) >= 11 is 0. The Morgan fingerprint density at radius 2 is 2.47 bits per heavy atom. The lowest BCUT2D eigenvalue weighted by molar-refractivity contribution is -0.121. The van der Waals surface area contributed by atoms with E-state index in [1.54, 1.807) is 10.9 Å². The highest BCUT2D eigenvalue weighted by molar-refractivity contribution is 5.75. The first-order valence-electron chi connectivity index (χ1n) is 5.02. The van der Waals surface area contributed by atoms with Crippen LogP contribution in [0.4, 0.5) is 0 Å². The molecule has 2 N–H and O–H groups in total. The van der Waals surface area contributed by atoms with Crippen LogP contribution in [0.25, 0.3) is 0 Å². The Morgan fingerprint density at radius 1 is 1.67 bits per heavy atom. The molecule has 1 rings (SSSR count). The van der Waals surface area contributed by atoms with E-state index in [1.807, 2.05) is 6.92 Å². The van der Waals surface area contributed by atoms with Crippen molar-refractivity contribution in [2.24, 2.45) is 0 Å². The lowest BCUT2D eigenvalue weighted by Gasteiger charge is -2.00. The molecule has 0 fully saturated rings. The molecule has 0 saturated carbocycles. The first-order valence-corrected chi connectivity index (χ1v) is 5.02. The van der Waals surface area contributed by atoms with Gasteiger partial charge in [0.2, 0.25) is 5.91 Å². The van der Waals surface area contributed by atoms with Crippen LogP contribution in [0.1, 0.15) is 19.0 Å². The summed E-state index contributed by atoms with van der Waals surface area (Å²) in [4.78, 5) is 11.1. The summed E-state index contributed by atoms with van der Waals surface area (Å²) in [5, 5.41) is 19.1. The number of aliphatic hydroxyl groups is 1. The number of aliphatic hydroxyl groups excluding tert-OH is 1. The van der Waals surface area contributed by atoms with Gasteiger partial charge < -0.3 is 10.4 Å². The molecule has 0 atom stereocenters. The molecule has 0 aliphatic heterocycles. The molecule has 0 aromatic carbocycles.